The number of hydrogen-bond acceptors (Lipinski definition) is 6. The minimum Gasteiger partial charge on any atom is -0.507 e. The molecular formula is C18H21N5O3. The van der Waals surface area contributed by atoms with Gasteiger partial charge in [0.15, 0.2) is 5.84 Å². The maximum Gasteiger partial charge on any atom is 0.412 e. The molecule has 1 heterocycles. The van der Waals surface area contributed by atoms with E-state index < -0.39 is 6.09 Å². The molecule has 0 atom stereocenters. The summed E-state index contributed by atoms with van der Waals surface area (Å²) < 4.78 is 5.34. The number of hydrogen-bond donors (Lipinski definition) is 4. The van der Waals surface area contributed by atoms with Crippen LogP contribution in [0.1, 0.15) is 31.2 Å². The maximum absolute atomic E-state index is 12.0. The molecule has 1 aromatic carbocycles. The van der Waals surface area contributed by atoms with Crippen LogP contribution in [-0.2, 0) is 0 Å². The number of phenols is 1. The summed E-state index contributed by atoms with van der Waals surface area (Å²) in [4.78, 5) is 16.1. The first-order valence-corrected chi connectivity index (χ1v) is 8.37. The van der Waals surface area contributed by atoms with E-state index in [9.17, 15) is 9.90 Å². The van der Waals surface area contributed by atoms with Crippen LogP contribution >= 0.6 is 0 Å². The first-order chi connectivity index (χ1) is 12.6. The SMILES string of the molecule is N/N=C(\N)c1cncc(-c2cc(OC(=O)NC3CCCC3)ccc2O)c1. The highest BCUT2D eigenvalue weighted by atomic mass is 16.6. The number of phenolic OH excluding ortho intramolecular Hbond substituents is 1. The van der Waals surface area contributed by atoms with Crippen molar-refractivity contribution in [2.24, 2.45) is 16.7 Å². The van der Waals surface area contributed by atoms with Crippen LogP contribution in [0.4, 0.5) is 4.79 Å². The van der Waals surface area contributed by atoms with E-state index in [0.717, 1.165) is 25.7 Å². The minimum absolute atomic E-state index is 0.0239. The average Bonchev–Trinajstić information content (AvgIpc) is 3.15. The zero-order chi connectivity index (χ0) is 18.5. The van der Waals surface area contributed by atoms with Crippen molar-refractivity contribution in [3.05, 3.63) is 42.2 Å². The molecule has 136 valence electrons. The Morgan fingerprint density at radius 3 is 2.77 bits per heavy atom. The summed E-state index contributed by atoms with van der Waals surface area (Å²) in [6, 6.07) is 6.41. The number of nitrogens with one attached hydrogen (secondary N) is 1. The third-order valence-electron chi connectivity index (χ3n) is 4.34. The van der Waals surface area contributed by atoms with Crippen LogP contribution < -0.4 is 21.6 Å². The van der Waals surface area contributed by atoms with E-state index in [1.54, 1.807) is 18.3 Å². The van der Waals surface area contributed by atoms with Crippen LogP contribution in [0.15, 0.2) is 41.8 Å². The largest absolute Gasteiger partial charge is 0.507 e. The Hall–Kier alpha value is -3.29. The van der Waals surface area contributed by atoms with Crippen LogP contribution in [0.3, 0.4) is 0 Å². The summed E-state index contributed by atoms with van der Waals surface area (Å²) in [5, 5.41) is 16.5. The number of aromatic hydroxyl groups is 1. The molecule has 0 bridgehead atoms. The molecule has 26 heavy (non-hydrogen) atoms. The van der Waals surface area contributed by atoms with Gasteiger partial charge in [-0.15, -0.1) is 0 Å². The first-order valence-electron chi connectivity index (χ1n) is 8.37. The van der Waals surface area contributed by atoms with Crippen LogP contribution in [0.2, 0.25) is 0 Å². The zero-order valence-electron chi connectivity index (χ0n) is 14.2. The number of benzene rings is 1. The summed E-state index contributed by atoms with van der Waals surface area (Å²) in [5.41, 5.74) is 7.27. The van der Waals surface area contributed by atoms with Gasteiger partial charge in [0.05, 0.1) is 0 Å². The van der Waals surface area contributed by atoms with Crippen LogP contribution in [0, 0.1) is 0 Å². The summed E-state index contributed by atoms with van der Waals surface area (Å²) in [7, 11) is 0. The van der Waals surface area contributed by atoms with E-state index in [-0.39, 0.29) is 17.6 Å². The second-order valence-electron chi connectivity index (χ2n) is 6.17. The summed E-state index contributed by atoms with van der Waals surface area (Å²) in [5.74, 6) is 5.66. The molecule has 1 amide bonds. The smallest absolute Gasteiger partial charge is 0.412 e. The molecular weight excluding hydrogens is 334 g/mol. The molecule has 0 radical (unpaired) electrons. The molecule has 1 fully saturated rings. The highest BCUT2D eigenvalue weighted by Gasteiger charge is 2.18. The predicted molar refractivity (Wildman–Crippen MR) is 97.7 cm³/mol. The normalized spacial score (nSPS) is 15.0. The number of amides is 1. The molecule has 8 nitrogen and oxygen atoms in total. The Morgan fingerprint density at radius 1 is 1.27 bits per heavy atom. The number of ether oxygens (including phenoxy) is 1. The molecule has 0 unspecified atom stereocenters. The number of nitrogens with two attached hydrogens (primary N) is 2. The Balaban J connectivity index is 1.80. The van der Waals surface area contributed by atoms with Gasteiger partial charge in [-0.25, -0.2) is 4.79 Å². The number of carbonyl (C=O) groups is 1. The van der Waals surface area contributed by atoms with Gasteiger partial charge in [0.2, 0.25) is 0 Å². The van der Waals surface area contributed by atoms with E-state index >= 15 is 0 Å². The summed E-state index contributed by atoms with van der Waals surface area (Å²) >= 11 is 0. The van der Waals surface area contributed by atoms with Gasteiger partial charge in [-0.3, -0.25) is 4.98 Å². The fourth-order valence-corrected chi connectivity index (χ4v) is 2.99. The molecule has 0 saturated heterocycles. The predicted octanol–water partition coefficient (Wildman–Crippen LogP) is 2.06. The van der Waals surface area contributed by atoms with Crippen molar-refractivity contribution in [2.45, 2.75) is 31.7 Å². The van der Waals surface area contributed by atoms with E-state index in [1.165, 1.54) is 18.3 Å². The fourth-order valence-electron chi connectivity index (χ4n) is 2.99. The number of aromatic nitrogens is 1. The maximum atomic E-state index is 12.0. The van der Waals surface area contributed by atoms with Crippen molar-refractivity contribution >= 4 is 11.9 Å². The Bertz CT molecular complexity index is 831. The average molecular weight is 355 g/mol. The lowest BCUT2D eigenvalue weighted by Crippen LogP contribution is -2.34. The second kappa shape index (κ2) is 7.73. The van der Waals surface area contributed by atoms with Crippen molar-refractivity contribution in [3.63, 3.8) is 0 Å². The topological polar surface area (TPSA) is 136 Å². The van der Waals surface area contributed by atoms with Crippen molar-refractivity contribution in [2.75, 3.05) is 0 Å². The van der Waals surface area contributed by atoms with Crippen molar-refractivity contribution in [3.8, 4) is 22.6 Å². The van der Waals surface area contributed by atoms with Gasteiger partial charge in [-0.1, -0.05) is 12.8 Å². The Labute approximate surface area is 150 Å². The van der Waals surface area contributed by atoms with Gasteiger partial charge in [0.1, 0.15) is 11.5 Å². The lowest BCUT2D eigenvalue weighted by molar-refractivity contribution is 0.196. The molecule has 0 spiro atoms. The van der Waals surface area contributed by atoms with Gasteiger partial charge >= 0.3 is 6.09 Å². The van der Waals surface area contributed by atoms with E-state index in [2.05, 4.69) is 15.4 Å². The van der Waals surface area contributed by atoms with E-state index in [0.29, 0.717) is 22.4 Å². The van der Waals surface area contributed by atoms with Crippen molar-refractivity contribution < 1.29 is 14.6 Å². The highest BCUT2D eigenvalue weighted by Crippen LogP contribution is 2.32. The summed E-state index contributed by atoms with van der Waals surface area (Å²) in [6.07, 6.45) is 6.75. The quantitative estimate of drug-likeness (QED) is 0.287. The molecule has 0 aliphatic heterocycles. The number of hydrazone groups is 1. The molecule has 2 aromatic rings. The molecule has 1 aromatic heterocycles. The van der Waals surface area contributed by atoms with Gasteiger partial charge in [-0.2, -0.15) is 5.10 Å². The second-order valence-corrected chi connectivity index (χ2v) is 6.17. The number of nitrogens with zero attached hydrogens (tertiary/aromatic N) is 2. The van der Waals surface area contributed by atoms with Gasteiger partial charge in [-0.05, 0) is 37.1 Å². The van der Waals surface area contributed by atoms with Gasteiger partial charge in [0, 0.05) is 35.1 Å². The van der Waals surface area contributed by atoms with Crippen molar-refractivity contribution in [1.29, 1.82) is 0 Å². The van der Waals surface area contributed by atoms with E-state index in [4.69, 9.17) is 16.3 Å². The number of rotatable bonds is 4. The number of carbonyl (C=O) groups excluding carboxylic acids is 1. The van der Waals surface area contributed by atoms with Crippen LogP contribution in [-0.4, -0.2) is 28.1 Å². The molecule has 3 rings (SSSR count). The van der Waals surface area contributed by atoms with Gasteiger partial charge in [0.25, 0.3) is 0 Å². The lowest BCUT2D eigenvalue weighted by Gasteiger charge is -2.13. The van der Waals surface area contributed by atoms with E-state index in [1.807, 2.05) is 0 Å². The van der Waals surface area contributed by atoms with Crippen LogP contribution in [0.5, 0.6) is 11.5 Å². The molecule has 1 aliphatic rings. The first kappa shape index (κ1) is 17.5. The Kier molecular flexibility index (Phi) is 5.21. The number of amidine groups is 1. The summed E-state index contributed by atoms with van der Waals surface area (Å²) in [6.45, 7) is 0. The minimum atomic E-state index is -0.500. The lowest BCUT2D eigenvalue weighted by atomic mass is 10.0. The monoisotopic (exact) mass is 355 g/mol. The fraction of sp³-hybridized carbons (Fsp3) is 0.278. The zero-order valence-corrected chi connectivity index (χ0v) is 14.2. The Morgan fingerprint density at radius 2 is 2.04 bits per heavy atom. The van der Waals surface area contributed by atoms with Crippen LogP contribution in [0.25, 0.3) is 11.1 Å². The van der Waals surface area contributed by atoms with Gasteiger partial charge < -0.3 is 26.7 Å². The molecule has 8 heteroatoms. The molecule has 1 saturated carbocycles. The number of pyridine rings is 1. The third kappa shape index (κ3) is 4.02. The molecule has 1 aliphatic carbocycles. The highest BCUT2D eigenvalue weighted by molar-refractivity contribution is 5.98. The standard InChI is InChI=1S/C18H21N5O3/c19-17(23-20)12-7-11(9-21-10-12)15-8-14(5-6-16(15)24)26-18(25)22-13-3-1-2-4-13/h5-10,13,24H,1-4,20H2,(H2,19,23)(H,22,25). The molecule has 6 N–H and O–H groups in total. The van der Waals surface area contributed by atoms with Crippen molar-refractivity contribution in [1.82, 2.24) is 10.3 Å². The third-order valence-corrected chi connectivity index (χ3v) is 4.34.